The molecule has 0 bridgehead atoms. The van der Waals surface area contributed by atoms with E-state index in [0.29, 0.717) is 0 Å². The van der Waals surface area contributed by atoms with Gasteiger partial charge in [0.25, 0.3) is 0 Å². The molecule has 3 heteroatoms. The van der Waals surface area contributed by atoms with Crippen molar-refractivity contribution in [3.63, 3.8) is 0 Å². The van der Waals surface area contributed by atoms with Crippen LogP contribution in [0.15, 0.2) is 24.3 Å². The average Bonchev–Trinajstić information content (AvgIpc) is 2.66. The first-order valence-electron chi connectivity index (χ1n) is 7.21. The number of hydrogen-bond acceptors (Lipinski definition) is 3. The molecule has 19 heavy (non-hydrogen) atoms. The largest absolute Gasteiger partial charge is 0.491 e. The van der Waals surface area contributed by atoms with E-state index in [4.69, 9.17) is 4.74 Å². The number of ketones is 1. The van der Waals surface area contributed by atoms with Crippen molar-refractivity contribution in [1.29, 1.82) is 0 Å². The molecule has 1 aromatic rings. The van der Waals surface area contributed by atoms with Crippen molar-refractivity contribution in [1.82, 2.24) is 5.32 Å². The second-order valence-corrected chi connectivity index (χ2v) is 5.41. The van der Waals surface area contributed by atoms with Crippen LogP contribution in [-0.4, -0.2) is 24.5 Å². The quantitative estimate of drug-likeness (QED) is 0.846. The molecule has 2 rings (SSSR count). The number of hydrogen-bond donors (Lipinski definition) is 1. The van der Waals surface area contributed by atoms with Gasteiger partial charge >= 0.3 is 0 Å². The summed E-state index contributed by atoms with van der Waals surface area (Å²) in [4.78, 5) is 12.5. The van der Waals surface area contributed by atoms with Crippen LogP contribution >= 0.6 is 0 Å². The Morgan fingerprint density at radius 3 is 2.95 bits per heavy atom. The second-order valence-electron chi connectivity index (χ2n) is 5.41. The molecule has 3 nitrogen and oxygen atoms in total. The number of ether oxygens (including phenoxy) is 1. The van der Waals surface area contributed by atoms with E-state index in [1.54, 1.807) is 0 Å². The van der Waals surface area contributed by atoms with E-state index in [1.807, 2.05) is 38.1 Å². The Labute approximate surface area is 115 Å². The zero-order chi connectivity index (χ0) is 13.7. The molecule has 1 unspecified atom stereocenters. The minimum Gasteiger partial charge on any atom is -0.491 e. The van der Waals surface area contributed by atoms with Gasteiger partial charge in [-0.1, -0.05) is 25.0 Å². The summed E-state index contributed by atoms with van der Waals surface area (Å²) in [5.74, 6) is 0.963. The van der Waals surface area contributed by atoms with E-state index >= 15 is 0 Å². The Morgan fingerprint density at radius 2 is 2.16 bits per heavy atom. The zero-order valence-corrected chi connectivity index (χ0v) is 11.8. The Morgan fingerprint density at radius 1 is 1.32 bits per heavy atom. The SMILES string of the molecule is CC(C)Oc1cccc(C(=O)C2CCCCCN2)c1. The molecule has 1 heterocycles. The highest BCUT2D eigenvalue weighted by atomic mass is 16.5. The number of carbonyl (C=O) groups excluding carboxylic acids is 1. The van der Waals surface area contributed by atoms with Gasteiger partial charge in [-0.25, -0.2) is 0 Å². The number of nitrogens with one attached hydrogen (secondary N) is 1. The Bertz CT molecular complexity index is 421. The molecule has 0 aliphatic carbocycles. The third-order valence-electron chi connectivity index (χ3n) is 3.37. The van der Waals surface area contributed by atoms with Crippen molar-refractivity contribution in [3.8, 4) is 5.75 Å². The van der Waals surface area contributed by atoms with Gasteiger partial charge in [-0.2, -0.15) is 0 Å². The Hall–Kier alpha value is -1.35. The van der Waals surface area contributed by atoms with Crippen LogP contribution in [0.2, 0.25) is 0 Å². The molecule has 1 aromatic carbocycles. The highest BCUT2D eigenvalue weighted by molar-refractivity contribution is 6.00. The maximum atomic E-state index is 12.5. The zero-order valence-electron chi connectivity index (χ0n) is 11.8. The van der Waals surface area contributed by atoms with Crippen LogP contribution in [0.25, 0.3) is 0 Å². The summed E-state index contributed by atoms with van der Waals surface area (Å²) in [6, 6.07) is 7.49. The molecule has 0 aromatic heterocycles. The summed E-state index contributed by atoms with van der Waals surface area (Å²) in [7, 11) is 0. The molecule has 0 amide bonds. The average molecular weight is 261 g/mol. The lowest BCUT2D eigenvalue weighted by Crippen LogP contribution is -2.36. The van der Waals surface area contributed by atoms with E-state index in [-0.39, 0.29) is 17.9 Å². The fourth-order valence-electron chi connectivity index (χ4n) is 2.45. The smallest absolute Gasteiger partial charge is 0.179 e. The molecule has 0 saturated carbocycles. The van der Waals surface area contributed by atoms with E-state index in [2.05, 4.69) is 5.32 Å². The van der Waals surface area contributed by atoms with Gasteiger partial charge < -0.3 is 10.1 Å². The van der Waals surface area contributed by atoms with Crippen molar-refractivity contribution in [2.45, 2.75) is 51.7 Å². The summed E-state index contributed by atoms with van der Waals surface area (Å²) in [6.45, 7) is 4.92. The maximum absolute atomic E-state index is 12.5. The summed E-state index contributed by atoms with van der Waals surface area (Å²) in [5, 5.41) is 3.35. The van der Waals surface area contributed by atoms with Crippen molar-refractivity contribution in [2.75, 3.05) is 6.54 Å². The van der Waals surface area contributed by atoms with E-state index in [0.717, 1.165) is 30.7 Å². The minimum absolute atomic E-state index is 0.0307. The third-order valence-corrected chi connectivity index (χ3v) is 3.37. The van der Waals surface area contributed by atoms with Crippen molar-refractivity contribution < 1.29 is 9.53 Å². The number of benzene rings is 1. The molecular weight excluding hydrogens is 238 g/mol. The lowest BCUT2D eigenvalue weighted by atomic mass is 10.00. The number of carbonyl (C=O) groups is 1. The molecule has 1 fully saturated rings. The van der Waals surface area contributed by atoms with Gasteiger partial charge in [-0.3, -0.25) is 4.79 Å². The van der Waals surface area contributed by atoms with Gasteiger partial charge in [-0.15, -0.1) is 0 Å². The number of rotatable bonds is 4. The van der Waals surface area contributed by atoms with Gasteiger partial charge in [0.2, 0.25) is 0 Å². The van der Waals surface area contributed by atoms with Crippen LogP contribution < -0.4 is 10.1 Å². The topological polar surface area (TPSA) is 38.3 Å². The predicted molar refractivity (Wildman–Crippen MR) is 76.8 cm³/mol. The van der Waals surface area contributed by atoms with Crippen molar-refractivity contribution in [3.05, 3.63) is 29.8 Å². The molecule has 1 N–H and O–H groups in total. The van der Waals surface area contributed by atoms with Gasteiger partial charge in [0.15, 0.2) is 5.78 Å². The summed E-state index contributed by atoms with van der Waals surface area (Å²) in [6.07, 6.45) is 4.58. The molecular formula is C16H23NO2. The second kappa shape index (κ2) is 6.71. The lowest BCUT2D eigenvalue weighted by Gasteiger charge is -2.15. The van der Waals surface area contributed by atoms with Gasteiger partial charge in [0, 0.05) is 5.56 Å². The first-order valence-corrected chi connectivity index (χ1v) is 7.21. The molecule has 1 saturated heterocycles. The first kappa shape index (κ1) is 14.1. The Kier molecular flexibility index (Phi) is 4.97. The molecule has 1 aliphatic heterocycles. The fraction of sp³-hybridized carbons (Fsp3) is 0.562. The number of Topliss-reactive ketones (excluding diaryl/α,β-unsaturated/α-hetero) is 1. The van der Waals surface area contributed by atoms with Crippen LogP contribution in [0.3, 0.4) is 0 Å². The van der Waals surface area contributed by atoms with Gasteiger partial charge in [0.1, 0.15) is 5.75 Å². The Balaban J connectivity index is 2.09. The summed E-state index contributed by atoms with van der Waals surface area (Å²) < 4.78 is 5.64. The first-order chi connectivity index (χ1) is 9.16. The molecule has 104 valence electrons. The molecule has 1 aliphatic rings. The highest BCUT2D eigenvalue weighted by Crippen LogP contribution is 2.18. The van der Waals surface area contributed by atoms with Crippen LogP contribution in [0.1, 0.15) is 49.9 Å². The van der Waals surface area contributed by atoms with Crippen LogP contribution in [0.5, 0.6) is 5.75 Å². The molecule has 0 radical (unpaired) electrons. The van der Waals surface area contributed by atoms with Crippen LogP contribution in [-0.2, 0) is 0 Å². The van der Waals surface area contributed by atoms with E-state index in [1.165, 1.54) is 12.8 Å². The normalized spacial score (nSPS) is 20.1. The van der Waals surface area contributed by atoms with Crippen molar-refractivity contribution in [2.24, 2.45) is 0 Å². The predicted octanol–water partition coefficient (Wildman–Crippen LogP) is 3.19. The highest BCUT2D eigenvalue weighted by Gasteiger charge is 2.21. The van der Waals surface area contributed by atoms with Gasteiger partial charge in [-0.05, 0) is 45.4 Å². The maximum Gasteiger partial charge on any atom is 0.179 e. The summed E-state index contributed by atoms with van der Waals surface area (Å²) in [5.41, 5.74) is 0.748. The van der Waals surface area contributed by atoms with Crippen LogP contribution in [0.4, 0.5) is 0 Å². The lowest BCUT2D eigenvalue weighted by molar-refractivity contribution is 0.0940. The summed E-state index contributed by atoms with van der Waals surface area (Å²) >= 11 is 0. The molecule has 0 spiro atoms. The van der Waals surface area contributed by atoms with Crippen LogP contribution in [0, 0.1) is 0 Å². The minimum atomic E-state index is -0.0307. The molecule has 1 atom stereocenters. The van der Waals surface area contributed by atoms with Gasteiger partial charge in [0.05, 0.1) is 12.1 Å². The third kappa shape index (κ3) is 4.06. The standard InChI is InChI=1S/C16H23NO2/c1-12(2)19-14-8-6-7-13(11-14)16(18)15-9-4-3-5-10-17-15/h6-8,11-12,15,17H,3-5,9-10H2,1-2H3. The van der Waals surface area contributed by atoms with E-state index < -0.39 is 0 Å². The monoisotopic (exact) mass is 261 g/mol. The van der Waals surface area contributed by atoms with E-state index in [9.17, 15) is 4.79 Å². The fourth-order valence-corrected chi connectivity index (χ4v) is 2.45. The van der Waals surface area contributed by atoms with Crippen molar-refractivity contribution >= 4 is 5.78 Å².